The number of aliphatic hydroxyl groups is 1. The molecule has 0 bridgehead atoms. The molecule has 1 saturated heterocycles. The molecule has 1 heterocycles. The van der Waals surface area contributed by atoms with E-state index in [1.165, 1.54) is 0 Å². The van der Waals surface area contributed by atoms with Crippen LogP contribution in [0.3, 0.4) is 0 Å². The van der Waals surface area contributed by atoms with Crippen molar-refractivity contribution < 1.29 is 9.84 Å². The third kappa shape index (κ3) is 1.64. The summed E-state index contributed by atoms with van der Waals surface area (Å²) in [6, 6.07) is -0.179. The largest absolute Gasteiger partial charge is 0.391 e. The number of hydrogen-bond acceptors (Lipinski definition) is 3. The van der Waals surface area contributed by atoms with Crippen molar-refractivity contribution >= 4 is 0 Å². The van der Waals surface area contributed by atoms with Gasteiger partial charge in [-0.3, -0.25) is 0 Å². The van der Waals surface area contributed by atoms with E-state index in [2.05, 4.69) is 0 Å². The quantitative estimate of drug-likeness (QED) is 0.465. The number of rotatable bonds is 0. The molecule has 9 heavy (non-hydrogen) atoms. The van der Waals surface area contributed by atoms with E-state index in [9.17, 15) is 0 Å². The van der Waals surface area contributed by atoms with Crippen LogP contribution in [0.1, 0.15) is 13.3 Å². The van der Waals surface area contributed by atoms with Gasteiger partial charge < -0.3 is 15.6 Å². The van der Waals surface area contributed by atoms with Gasteiger partial charge in [0.2, 0.25) is 0 Å². The maximum Gasteiger partial charge on any atom is 0.0738 e. The van der Waals surface area contributed by atoms with Gasteiger partial charge in [0.05, 0.1) is 24.9 Å². The van der Waals surface area contributed by atoms with E-state index >= 15 is 0 Å². The van der Waals surface area contributed by atoms with E-state index in [4.69, 9.17) is 15.6 Å². The molecule has 0 aromatic heterocycles. The molecular formula is C6H13NO2. The molecule has 0 saturated carbocycles. The van der Waals surface area contributed by atoms with Crippen LogP contribution >= 0.6 is 0 Å². The average molecular weight is 131 g/mol. The van der Waals surface area contributed by atoms with Gasteiger partial charge in [0.25, 0.3) is 0 Å². The topological polar surface area (TPSA) is 55.5 Å². The van der Waals surface area contributed by atoms with Crippen LogP contribution in [-0.2, 0) is 4.74 Å². The van der Waals surface area contributed by atoms with Gasteiger partial charge in [0.1, 0.15) is 0 Å². The molecule has 0 spiro atoms. The molecule has 3 heteroatoms. The Morgan fingerprint density at radius 3 is 2.78 bits per heavy atom. The zero-order chi connectivity index (χ0) is 6.85. The van der Waals surface area contributed by atoms with Gasteiger partial charge in [-0.05, 0) is 6.92 Å². The van der Waals surface area contributed by atoms with E-state index in [1.54, 1.807) is 0 Å². The molecule has 54 valence electrons. The van der Waals surface area contributed by atoms with Crippen LogP contribution in [0.25, 0.3) is 0 Å². The van der Waals surface area contributed by atoms with Gasteiger partial charge in [0, 0.05) is 6.42 Å². The van der Waals surface area contributed by atoms with Crippen molar-refractivity contribution in [2.75, 3.05) is 6.61 Å². The zero-order valence-electron chi connectivity index (χ0n) is 5.58. The SMILES string of the molecule is CC1CC(O)C(N)CO1. The maximum absolute atomic E-state index is 9.14. The summed E-state index contributed by atoms with van der Waals surface area (Å²) in [4.78, 5) is 0. The Morgan fingerprint density at radius 2 is 2.33 bits per heavy atom. The van der Waals surface area contributed by atoms with Gasteiger partial charge in [-0.2, -0.15) is 0 Å². The third-order valence-electron chi connectivity index (χ3n) is 1.64. The molecule has 3 nitrogen and oxygen atoms in total. The number of hydrogen-bond donors (Lipinski definition) is 2. The molecule has 1 rings (SSSR count). The summed E-state index contributed by atoms with van der Waals surface area (Å²) in [6.45, 7) is 2.43. The van der Waals surface area contributed by atoms with Gasteiger partial charge in [-0.1, -0.05) is 0 Å². The second kappa shape index (κ2) is 2.64. The molecular weight excluding hydrogens is 118 g/mol. The van der Waals surface area contributed by atoms with Crippen molar-refractivity contribution in [2.24, 2.45) is 5.73 Å². The van der Waals surface area contributed by atoms with E-state index < -0.39 is 0 Å². The minimum atomic E-state index is -0.367. The molecule has 3 unspecified atom stereocenters. The minimum absolute atomic E-state index is 0.166. The molecule has 1 fully saturated rings. The third-order valence-corrected chi connectivity index (χ3v) is 1.64. The summed E-state index contributed by atoms with van der Waals surface area (Å²) in [5.41, 5.74) is 5.47. The van der Waals surface area contributed by atoms with Gasteiger partial charge >= 0.3 is 0 Å². The van der Waals surface area contributed by atoms with Crippen molar-refractivity contribution in [1.82, 2.24) is 0 Å². The summed E-state index contributed by atoms with van der Waals surface area (Å²) in [5.74, 6) is 0. The smallest absolute Gasteiger partial charge is 0.0738 e. The Kier molecular flexibility index (Phi) is 2.05. The van der Waals surface area contributed by atoms with Gasteiger partial charge in [-0.15, -0.1) is 0 Å². The second-order valence-corrected chi connectivity index (χ2v) is 2.61. The van der Waals surface area contributed by atoms with Crippen molar-refractivity contribution in [3.8, 4) is 0 Å². The van der Waals surface area contributed by atoms with E-state index in [-0.39, 0.29) is 18.2 Å². The Labute approximate surface area is 54.8 Å². The standard InChI is InChI=1S/C6H13NO2/c1-4-2-6(8)5(7)3-9-4/h4-6,8H,2-3,7H2,1H3. The lowest BCUT2D eigenvalue weighted by atomic mass is 10.0. The van der Waals surface area contributed by atoms with Crippen LogP contribution < -0.4 is 5.73 Å². The normalized spacial score (nSPS) is 45.0. The fourth-order valence-corrected chi connectivity index (χ4v) is 0.969. The summed E-state index contributed by atoms with van der Waals surface area (Å²) < 4.78 is 5.18. The second-order valence-electron chi connectivity index (χ2n) is 2.61. The first-order valence-electron chi connectivity index (χ1n) is 3.25. The zero-order valence-corrected chi connectivity index (χ0v) is 5.58. The van der Waals surface area contributed by atoms with Crippen LogP contribution in [0.15, 0.2) is 0 Å². The van der Waals surface area contributed by atoms with Crippen LogP contribution in [0.5, 0.6) is 0 Å². The Morgan fingerprint density at radius 1 is 1.67 bits per heavy atom. The highest BCUT2D eigenvalue weighted by molar-refractivity contribution is 4.78. The maximum atomic E-state index is 9.14. The Balaban J connectivity index is 2.35. The first-order valence-corrected chi connectivity index (χ1v) is 3.25. The number of nitrogens with two attached hydrogens (primary N) is 1. The minimum Gasteiger partial charge on any atom is -0.391 e. The van der Waals surface area contributed by atoms with Gasteiger partial charge in [-0.25, -0.2) is 0 Å². The average Bonchev–Trinajstić information content (AvgIpc) is 1.80. The molecule has 0 aliphatic carbocycles. The van der Waals surface area contributed by atoms with Crippen LogP contribution in [0.4, 0.5) is 0 Å². The number of aliphatic hydroxyl groups excluding tert-OH is 1. The van der Waals surface area contributed by atoms with Crippen molar-refractivity contribution in [3.05, 3.63) is 0 Å². The lowest BCUT2D eigenvalue weighted by Crippen LogP contribution is -2.45. The molecule has 1 aliphatic heterocycles. The van der Waals surface area contributed by atoms with Gasteiger partial charge in [0.15, 0.2) is 0 Å². The molecule has 3 N–H and O–H groups in total. The molecule has 0 radical (unpaired) electrons. The lowest BCUT2D eigenvalue weighted by Gasteiger charge is -2.28. The highest BCUT2D eigenvalue weighted by Crippen LogP contribution is 2.11. The fraction of sp³-hybridized carbons (Fsp3) is 1.00. The van der Waals surface area contributed by atoms with Crippen molar-refractivity contribution in [1.29, 1.82) is 0 Å². The molecule has 0 aromatic carbocycles. The molecule has 3 atom stereocenters. The first-order chi connectivity index (χ1) is 4.20. The molecule has 0 aromatic rings. The predicted octanol–water partition coefficient (Wildman–Crippen LogP) is -0.517. The van der Waals surface area contributed by atoms with Crippen LogP contribution in [0, 0.1) is 0 Å². The first kappa shape index (κ1) is 6.99. The fourth-order valence-electron chi connectivity index (χ4n) is 0.969. The summed E-state index contributed by atoms with van der Waals surface area (Å²) >= 11 is 0. The van der Waals surface area contributed by atoms with E-state index in [0.29, 0.717) is 13.0 Å². The van der Waals surface area contributed by atoms with Crippen molar-refractivity contribution in [2.45, 2.75) is 31.6 Å². The highest BCUT2D eigenvalue weighted by atomic mass is 16.5. The molecule has 0 amide bonds. The van der Waals surface area contributed by atoms with Crippen LogP contribution in [0.2, 0.25) is 0 Å². The summed E-state index contributed by atoms with van der Waals surface area (Å²) in [6.07, 6.45) is 0.467. The predicted molar refractivity (Wildman–Crippen MR) is 34.0 cm³/mol. The molecule has 1 aliphatic rings. The highest BCUT2D eigenvalue weighted by Gasteiger charge is 2.23. The van der Waals surface area contributed by atoms with Crippen LogP contribution in [-0.4, -0.2) is 30.0 Å². The summed E-state index contributed by atoms with van der Waals surface area (Å²) in [5, 5.41) is 9.14. The van der Waals surface area contributed by atoms with Crippen molar-refractivity contribution in [3.63, 3.8) is 0 Å². The summed E-state index contributed by atoms with van der Waals surface area (Å²) in [7, 11) is 0. The Bertz CT molecular complexity index is 97.1. The number of ether oxygens (including phenoxy) is 1. The monoisotopic (exact) mass is 131 g/mol. The van der Waals surface area contributed by atoms with E-state index in [0.717, 1.165) is 0 Å². The van der Waals surface area contributed by atoms with E-state index in [1.807, 2.05) is 6.92 Å². The Hall–Kier alpha value is -0.120. The lowest BCUT2D eigenvalue weighted by molar-refractivity contribution is -0.0480.